The van der Waals surface area contributed by atoms with E-state index in [0.717, 1.165) is 17.7 Å². The molecule has 4 rings (SSSR count). The highest BCUT2D eigenvalue weighted by atomic mass is 19.2. The number of hydrogen-bond donors (Lipinski definition) is 2. The minimum Gasteiger partial charge on any atom is -0.454 e. The second-order valence-electron chi connectivity index (χ2n) is 6.34. The molecule has 3 aromatic rings. The van der Waals surface area contributed by atoms with Gasteiger partial charge in [0.2, 0.25) is 12.7 Å². The van der Waals surface area contributed by atoms with Crippen LogP contribution in [0.3, 0.4) is 0 Å². The summed E-state index contributed by atoms with van der Waals surface area (Å²) in [6.45, 7) is 2.33. The van der Waals surface area contributed by atoms with Crippen LogP contribution in [0, 0.1) is 18.6 Å². The molecule has 2 heterocycles. The highest BCUT2D eigenvalue weighted by Gasteiger charge is 2.15. The van der Waals surface area contributed by atoms with Crippen molar-refractivity contribution in [1.29, 1.82) is 0 Å². The second-order valence-corrected chi connectivity index (χ2v) is 6.34. The van der Waals surface area contributed by atoms with E-state index in [0.29, 0.717) is 23.7 Å². The first-order valence-electron chi connectivity index (χ1n) is 8.72. The first kappa shape index (κ1) is 18.6. The van der Waals surface area contributed by atoms with Gasteiger partial charge in [0, 0.05) is 24.0 Å². The minimum absolute atomic E-state index is 0.0930. The number of carbonyl (C=O) groups excluding carboxylic acids is 1. The van der Waals surface area contributed by atoms with Gasteiger partial charge in [-0.15, -0.1) is 0 Å². The van der Waals surface area contributed by atoms with Crippen molar-refractivity contribution in [3.05, 3.63) is 71.1 Å². The topological polar surface area (TPSA) is 85.4 Å². The fourth-order valence-electron chi connectivity index (χ4n) is 2.76. The predicted octanol–water partition coefficient (Wildman–Crippen LogP) is 3.66. The Morgan fingerprint density at radius 1 is 1.03 bits per heavy atom. The SMILES string of the molecule is Cc1cc(C(=O)Nc2ccc(F)c(F)c2)nc(NCc2ccc3c(c2)OCO3)n1. The van der Waals surface area contributed by atoms with E-state index < -0.39 is 17.5 Å². The molecule has 0 bridgehead atoms. The van der Waals surface area contributed by atoms with Gasteiger partial charge in [0.1, 0.15) is 5.69 Å². The fraction of sp³-hybridized carbons (Fsp3) is 0.150. The summed E-state index contributed by atoms with van der Waals surface area (Å²) in [5, 5.41) is 5.55. The summed E-state index contributed by atoms with van der Waals surface area (Å²) >= 11 is 0. The summed E-state index contributed by atoms with van der Waals surface area (Å²) in [5.41, 5.74) is 1.71. The fourth-order valence-corrected chi connectivity index (χ4v) is 2.76. The van der Waals surface area contributed by atoms with E-state index in [-0.39, 0.29) is 24.1 Å². The highest BCUT2D eigenvalue weighted by Crippen LogP contribution is 2.32. The lowest BCUT2D eigenvalue weighted by molar-refractivity contribution is 0.102. The van der Waals surface area contributed by atoms with Crippen LogP contribution in [0.25, 0.3) is 0 Å². The number of ether oxygens (including phenoxy) is 2. The number of benzene rings is 2. The number of aryl methyl sites for hydroxylation is 1. The average Bonchev–Trinajstić information content (AvgIpc) is 3.16. The minimum atomic E-state index is -1.05. The zero-order valence-corrected chi connectivity index (χ0v) is 15.3. The smallest absolute Gasteiger partial charge is 0.274 e. The molecule has 1 aromatic heterocycles. The molecule has 0 aliphatic carbocycles. The molecule has 0 saturated carbocycles. The molecule has 0 fully saturated rings. The van der Waals surface area contributed by atoms with Gasteiger partial charge in [-0.1, -0.05) is 6.07 Å². The monoisotopic (exact) mass is 398 g/mol. The number of nitrogens with one attached hydrogen (secondary N) is 2. The van der Waals surface area contributed by atoms with E-state index in [1.807, 2.05) is 18.2 Å². The lowest BCUT2D eigenvalue weighted by Crippen LogP contribution is -2.16. The molecule has 0 radical (unpaired) electrons. The summed E-state index contributed by atoms with van der Waals surface area (Å²) < 4.78 is 37.0. The van der Waals surface area contributed by atoms with Gasteiger partial charge < -0.3 is 20.1 Å². The molecular formula is C20H16F2N4O3. The van der Waals surface area contributed by atoms with Gasteiger partial charge in [-0.25, -0.2) is 18.7 Å². The van der Waals surface area contributed by atoms with Gasteiger partial charge in [-0.2, -0.15) is 0 Å². The Morgan fingerprint density at radius 3 is 2.69 bits per heavy atom. The number of nitrogens with zero attached hydrogens (tertiary/aromatic N) is 2. The van der Waals surface area contributed by atoms with E-state index >= 15 is 0 Å². The summed E-state index contributed by atoms with van der Waals surface area (Å²) in [4.78, 5) is 20.9. The molecule has 1 aliphatic rings. The van der Waals surface area contributed by atoms with Crippen molar-refractivity contribution in [2.75, 3.05) is 17.4 Å². The summed E-state index contributed by atoms with van der Waals surface area (Å²) in [6, 6.07) is 10.2. The van der Waals surface area contributed by atoms with Crippen molar-refractivity contribution in [3.63, 3.8) is 0 Å². The number of amides is 1. The Bertz CT molecular complexity index is 1090. The normalized spacial score (nSPS) is 12.0. The van der Waals surface area contributed by atoms with E-state index in [4.69, 9.17) is 9.47 Å². The zero-order chi connectivity index (χ0) is 20.4. The Balaban J connectivity index is 1.46. The number of anilines is 2. The van der Waals surface area contributed by atoms with Crippen LogP contribution in [0.1, 0.15) is 21.7 Å². The number of aromatic nitrogens is 2. The van der Waals surface area contributed by atoms with Crippen molar-refractivity contribution in [3.8, 4) is 11.5 Å². The molecule has 0 spiro atoms. The van der Waals surface area contributed by atoms with Crippen molar-refractivity contribution in [2.45, 2.75) is 13.5 Å². The maximum absolute atomic E-state index is 13.3. The van der Waals surface area contributed by atoms with Gasteiger partial charge in [-0.3, -0.25) is 4.79 Å². The molecule has 2 N–H and O–H groups in total. The second kappa shape index (κ2) is 7.70. The maximum atomic E-state index is 13.3. The van der Waals surface area contributed by atoms with Gasteiger partial charge in [0.05, 0.1) is 0 Å². The Labute approximate surface area is 164 Å². The molecule has 0 atom stereocenters. The molecule has 1 amide bonds. The Hall–Kier alpha value is -3.75. The first-order valence-corrected chi connectivity index (χ1v) is 8.72. The van der Waals surface area contributed by atoms with Crippen LogP contribution in [0.5, 0.6) is 11.5 Å². The summed E-state index contributed by atoms with van der Waals surface area (Å²) in [5.74, 6) is -0.979. The van der Waals surface area contributed by atoms with Crippen LogP contribution in [0.15, 0.2) is 42.5 Å². The lowest BCUT2D eigenvalue weighted by Gasteiger charge is -2.09. The number of halogens is 2. The molecular weight excluding hydrogens is 382 g/mol. The van der Waals surface area contributed by atoms with Gasteiger partial charge in [0.15, 0.2) is 23.1 Å². The summed E-state index contributed by atoms with van der Waals surface area (Å²) in [7, 11) is 0. The Morgan fingerprint density at radius 2 is 1.86 bits per heavy atom. The van der Waals surface area contributed by atoms with Crippen molar-refractivity contribution in [2.24, 2.45) is 0 Å². The third kappa shape index (κ3) is 4.23. The third-order valence-electron chi connectivity index (χ3n) is 4.15. The standard InChI is InChI=1S/C20H16F2N4O3/c1-11-6-16(19(27)25-13-3-4-14(21)15(22)8-13)26-20(24-11)23-9-12-2-5-17-18(7-12)29-10-28-17/h2-8H,9-10H2,1H3,(H,25,27)(H,23,24,26). The van der Waals surface area contributed by atoms with E-state index in [9.17, 15) is 13.6 Å². The van der Waals surface area contributed by atoms with Gasteiger partial charge >= 0.3 is 0 Å². The largest absolute Gasteiger partial charge is 0.454 e. The van der Waals surface area contributed by atoms with Crippen LogP contribution >= 0.6 is 0 Å². The number of carbonyl (C=O) groups is 1. The average molecular weight is 398 g/mol. The van der Waals surface area contributed by atoms with Crippen LogP contribution in [0.2, 0.25) is 0 Å². The van der Waals surface area contributed by atoms with Crippen molar-refractivity contribution >= 4 is 17.5 Å². The zero-order valence-electron chi connectivity index (χ0n) is 15.3. The van der Waals surface area contributed by atoms with Gasteiger partial charge in [0.25, 0.3) is 5.91 Å². The molecule has 9 heteroatoms. The number of hydrogen-bond acceptors (Lipinski definition) is 6. The first-order chi connectivity index (χ1) is 14.0. The van der Waals surface area contributed by atoms with Crippen LogP contribution in [-0.4, -0.2) is 22.7 Å². The molecule has 29 heavy (non-hydrogen) atoms. The Kier molecular flexibility index (Phi) is 4.94. The van der Waals surface area contributed by atoms with E-state index in [2.05, 4.69) is 20.6 Å². The quantitative estimate of drug-likeness (QED) is 0.682. The van der Waals surface area contributed by atoms with Crippen molar-refractivity contribution in [1.82, 2.24) is 9.97 Å². The summed E-state index contributed by atoms with van der Waals surface area (Å²) in [6.07, 6.45) is 0. The molecule has 2 aromatic carbocycles. The van der Waals surface area contributed by atoms with Crippen LogP contribution in [-0.2, 0) is 6.54 Å². The molecule has 148 valence electrons. The van der Waals surface area contributed by atoms with E-state index in [1.54, 1.807) is 6.92 Å². The third-order valence-corrected chi connectivity index (χ3v) is 4.15. The van der Waals surface area contributed by atoms with Crippen LogP contribution < -0.4 is 20.1 Å². The molecule has 1 aliphatic heterocycles. The predicted molar refractivity (Wildman–Crippen MR) is 101 cm³/mol. The molecule has 7 nitrogen and oxygen atoms in total. The number of fused-ring (bicyclic) bond motifs is 1. The van der Waals surface area contributed by atoms with E-state index in [1.165, 1.54) is 12.1 Å². The van der Waals surface area contributed by atoms with Crippen molar-refractivity contribution < 1.29 is 23.0 Å². The maximum Gasteiger partial charge on any atom is 0.274 e. The van der Waals surface area contributed by atoms with Gasteiger partial charge in [-0.05, 0) is 42.8 Å². The molecule has 0 unspecified atom stereocenters. The number of rotatable bonds is 5. The molecule has 0 saturated heterocycles. The lowest BCUT2D eigenvalue weighted by atomic mass is 10.2. The highest BCUT2D eigenvalue weighted by molar-refractivity contribution is 6.03. The van der Waals surface area contributed by atoms with Crippen LogP contribution in [0.4, 0.5) is 20.4 Å².